The van der Waals surface area contributed by atoms with Crippen molar-refractivity contribution in [3.63, 3.8) is 0 Å². The van der Waals surface area contributed by atoms with E-state index in [0.717, 1.165) is 34.2 Å². The minimum atomic E-state index is -0.402. The Labute approximate surface area is 177 Å². The summed E-state index contributed by atoms with van der Waals surface area (Å²) >= 11 is 1.16. The summed E-state index contributed by atoms with van der Waals surface area (Å²) in [6, 6.07) is 16.8. The molecular weight excluding hydrogens is 398 g/mol. The maximum absolute atomic E-state index is 12.6. The van der Waals surface area contributed by atoms with Crippen LogP contribution in [0.25, 0.3) is 10.9 Å². The molecule has 0 aliphatic heterocycles. The molecule has 0 atom stereocenters. The fourth-order valence-electron chi connectivity index (χ4n) is 3.17. The first-order valence-electron chi connectivity index (χ1n) is 9.54. The van der Waals surface area contributed by atoms with Crippen molar-refractivity contribution in [2.45, 2.75) is 13.3 Å². The van der Waals surface area contributed by atoms with Crippen molar-refractivity contribution in [3.05, 3.63) is 76.9 Å². The first-order valence-corrected chi connectivity index (χ1v) is 10.4. The van der Waals surface area contributed by atoms with Crippen LogP contribution in [-0.4, -0.2) is 28.5 Å². The number of aryl methyl sites for hydroxylation is 1. The number of aromatic amines is 1. The number of hydrogen-bond donors (Lipinski definition) is 4. The maximum atomic E-state index is 12.6. The Bertz CT molecular complexity index is 1180. The molecule has 3 amide bonds. The second kappa shape index (κ2) is 8.79. The van der Waals surface area contributed by atoms with Gasteiger partial charge in [-0.15, -0.1) is 0 Å². The third-order valence-corrected chi connectivity index (χ3v) is 5.68. The standard InChI is InChI=1S/C22H21N5O2S/c1-14-19(30-22(25-14)27-21(29)26-16-7-3-2-4-8-16)20(28)23-12-11-15-13-24-18-10-6-5-9-17(15)18/h2-10,13,24H,11-12H2,1H3,(H,23,28)(H2,25,26,27,29). The van der Waals surface area contributed by atoms with Crippen molar-refractivity contribution >= 4 is 45.0 Å². The molecule has 4 N–H and O–H groups in total. The Morgan fingerprint density at radius 3 is 2.63 bits per heavy atom. The summed E-state index contributed by atoms with van der Waals surface area (Å²) in [5, 5.41) is 9.88. The van der Waals surface area contributed by atoms with E-state index in [1.807, 2.05) is 42.6 Å². The fraction of sp³-hybridized carbons (Fsp3) is 0.136. The van der Waals surface area contributed by atoms with Gasteiger partial charge in [0, 0.05) is 29.3 Å². The number of anilines is 2. The number of nitrogens with one attached hydrogen (secondary N) is 4. The van der Waals surface area contributed by atoms with Crippen LogP contribution in [0.15, 0.2) is 60.8 Å². The van der Waals surface area contributed by atoms with E-state index < -0.39 is 6.03 Å². The number of rotatable bonds is 6. The zero-order chi connectivity index (χ0) is 20.9. The molecule has 2 aromatic carbocycles. The van der Waals surface area contributed by atoms with Crippen LogP contribution in [0.4, 0.5) is 15.6 Å². The number of aromatic nitrogens is 2. The molecule has 0 spiro atoms. The van der Waals surface area contributed by atoms with E-state index in [1.54, 1.807) is 19.1 Å². The van der Waals surface area contributed by atoms with Gasteiger partial charge in [0.1, 0.15) is 4.88 Å². The van der Waals surface area contributed by atoms with Crippen molar-refractivity contribution in [2.75, 3.05) is 17.2 Å². The lowest BCUT2D eigenvalue weighted by atomic mass is 10.1. The van der Waals surface area contributed by atoms with Crippen LogP contribution in [0.2, 0.25) is 0 Å². The molecular formula is C22H21N5O2S. The highest BCUT2D eigenvalue weighted by molar-refractivity contribution is 7.17. The molecule has 30 heavy (non-hydrogen) atoms. The van der Waals surface area contributed by atoms with Crippen molar-refractivity contribution in [1.82, 2.24) is 15.3 Å². The van der Waals surface area contributed by atoms with Gasteiger partial charge in [0.05, 0.1) is 5.69 Å². The third kappa shape index (κ3) is 4.49. The van der Waals surface area contributed by atoms with Crippen LogP contribution in [0.5, 0.6) is 0 Å². The van der Waals surface area contributed by atoms with Crippen LogP contribution in [0.1, 0.15) is 20.9 Å². The molecule has 152 valence electrons. The Hall–Kier alpha value is -3.65. The lowest BCUT2D eigenvalue weighted by Gasteiger charge is -2.04. The molecule has 4 rings (SSSR count). The van der Waals surface area contributed by atoms with Crippen LogP contribution >= 0.6 is 11.3 Å². The summed E-state index contributed by atoms with van der Waals surface area (Å²) < 4.78 is 0. The molecule has 0 aliphatic carbocycles. The molecule has 0 saturated carbocycles. The van der Waals surface area contributed by atoms with E-state index in [2.05, 4.69) is 32.0 Å². The largest absolute Gasteiger partial charge is 0.361 e. The second-order valence-corrected chi connectivity index (χ2v) is 7.74. The van der Waals surface area contributed by atoms with Crippen molar-refractivity contribution in [2.24, 2.45) is 0 Å². The number of hydrogen-bond acceptors (Lipinski definition) is 4. The third-order valence-electron chi connectivity index (χ3n) is 4.61. The molecule has 0 radical (unpaired) electrons. The number of urea groups is 1. The van der Waals surface area contributed by atoms with E-state index in [0.29, 0.717) is 27.9 Å². The zero-order valence-corrected chi connectivity index (χ0v) is 17.2. The van der Waals surface area contributed by atoms with Crippen LogP contribution < -0.4 is 16.0 Å². The number of carbonyl (C=O) groups is 2. The van der Waals surface area contributed by atoms with E-state index in [4.69, 9.17) is 0 Å². The Morgan fingerprint density at radius 2 is 1.80 bits per heavy atom. The first-order chi connectivity index (χ1) is 14.6. The molecule has 2 aromatic heterocycles. The number of H-pyrrole nitrogens is 1. The van der Waals surface area contributed by atoms with Gasteiger partial charge in [-0.2, -0.15) is 0 Å². The molecule has 0 unspecified atom stereocenters. The number of amides is 3. The van der Waals surface area contributed by atoms with Crippen molar-refractivity contribution < 1.29 is 9.59 Å². The quantitative estimate of drug-likeness (QED) is 0.369. The highest BCUT2D eigenvalue weighted by atomic mass is 32.1. The summed E-state index contributed by atoms with van der Waals surface area (Å²) in [5.74, 6) is -0.193. The van der Waals surface area contributed by atoms with E-state index >= 15 is 0 Å². The van der Waals surface area contributed by atoms with Crippen molar-refractivity contribution in [1.29, 1.82) is 0 Å². The van der Waals surface area contributed by atoms with Gasteiger partial charge in [-0.1, -0.05) is 47.7 Å². The molecule has 0 aliphatic rings. The van der Waals surface area contributed by atoms with Crippen LogP contribution in [-0.2, 0) is 6.42 Å². The number of nitrogens with zero attached hydrogens (tertiary/aromatic N) is 1. The second-order valence-electron chi connectivity index (χ2n) is 6.74. The normalized spacial score (nSPS) is 10.7. The maximum Gasteiger partial charge on any atom is 0.325 e. The van der Waals surface area contributed by atoms with E-state index in [-0.39, 0.29) is 5.91 Å². The van der Waals surface area contributed by atoms with Gasteiger partial charge < -0.3 is 15.6 Å². The Morgan fingerprint density at radius 1 is 1.03 bits per heavy atom. The lowest BCUT2D eigenvalue weighted by Crippen LogP contribution is -2.25. The van der Waals surface area contributed by atoms with Gasteiger partial charge in [0.2, 0.25) is 0 Å². The zero-order valence-electron chi connectivity index (χ0n) is 16.4. The lowest BCUT2D eigenvalue weighted by molar-refractivity contribution is 0.0957. The highest BCUT2D eigenvalue weighted by Crippen LogP contribution is 2.23. The first kappa shape index (κ1) is 19.7. The van der Waals surface area contributed by atoms with Crippen molar-refractivity contribution in [3.8, 4) is 0 Å². The Balaban J connectivity index is 1.33. The van der Waals surface area contributed by atoms with Gasteiger partial charge in [-0.3, -0.25) is 10.1 Å². The summed E-state index contributed by atoms with van der Waals surface area (Å²) in [5.41, 5.74) is 3.51. The smallest absolute Gasteiger partial charge is 0.325 e. The minimum Gasteiger partial charge on any atom is -0.361 e. The topological polar surface area (TPSA) is 98.9 Å². The summed E-state index contributed by atoms with van der Waals surface area (Å²) in [7, 11) is 0. The number of para-hydroxylation sites is 2. The number of benzene rings is 2. The van der Waals surface area contributed by atoms with E-state index in [9.17, 15) is 9.59 Å². The van der Waals surface area contributed by atoms with Gasteiger partial charge in [0.25, 0.3) is 5.91 Å². The average molecular weight is 420 g/mol. The van der Waals surface area contributed by atoms with Crippen LogP contribution in [0, 0.1) is 6.92 Å². The predicted octanol–water partition coefficient (Wildman–Crippen LogP) is 4.55. The average Bonchev–Trinajstić information content (AvgIpc) is 3.32. The van der Waals surface area contributed by atoms with Gasteiger partial charge in [0.15, 0.2) is 5.13 Å². The fourth-order valence-corrected chi connectivity index (χ4v) is 4.05. The summed E-state index contributed by atoms with van der Waals surface area (Å²) in [4.78, 5) is 32.7. The number of carbonyl (C=O) groups excluding carboxylic acids is 2. The van der Waals surface area contributed by atoms with E-state index in [1.165, 1.54) is 0 Å². The minimum absolute atomic E-state index is 0.193. The Kier molecular flexibility index (Phi) is 5.76. The van der Waals surface area contributed by atoms with Gasteiger partial charge in [-0.25, -0.2) is 9.78 Å². The molecule has 8 heteroatoms. The highest BCUT2D eigenvalue weighted by Gasteiger charge is 2.16. The molecule has 0 bridgehead atoms. The van der Waals surface area contributed by atoms with Gasteiger partial charge in [-0.05, 0) is 37.1 Å². The summed E-state index contributed by atoms with van der Waals surface area (Å²) in [6.45, 7) is 2.26. The van der Waals surface area contributed by atoms with Gasteiger partial charge >= 0.3 is 6.03 Å². The molecule has 0 saturated heterocycles. The SMILES string of the molecule is Cc1nc(NC(=O)Nc2ccccc2)sc1C(=O)NCCc1c[nH]c2ccccc12. The molecule has 4 aromatic rings. The number of thiazole rings is 1. The molecule has 0 fully saturated rings. The summed E-state index contributed by atoms with van der Waals surface area (Å²) in [6.07, 6.45) is 2.69. The van der Waals surface area contributed by atoms with Crippen LogP contribution in [0.3, 0.4) is 0 Å². The molecule has 2 heterocycles. The molecule has 7 nitrogen and oxygen atoms in total. The predicted molar refractivity (Wildman–Crippen MR) is 120 cm³/mol. The monoisotopic (exact) mass is 419 g/mol. The number of fused-ring (bicyclic) bond motifs is 1.